The van der Waals surface area contributed by atoms with Crippen molar-refractivity contribution in [3.8, 4) is 5.75 Å². The molecule has 0 bridgehead atoms. The van der Waals surface area contributed by atoms with Crippen LogP contribution in [0.15, 0.2) is 41.4 Å². The fourth-order valence-corrected chi connectivity index (χ4v) is 3.23. The summed E-state index contributed by atoms with van der Waals surface area (Å²) < 4.78 is 32.2. The standard InChI is InChI=1S/C19H17F2N5O/c1-27-15-7-11(21)6-14-16(15)24-19(23)26-18(14)25-17(22)13-8-12(13)9-2-4-10(20)5-3-9/h2-7,12-13H,8H2,1H3,(H4,22,23,24,25,26). The molecule has 2 aromatic carbocycles. The fourth-order valence-electron chi connectivity index (χ4n) is 3.23. The molecule has 3 aromatic rings. The van der Waals surface area contributed by atoms with Crippen molar-refractivity contribution in [2.75, 3.05) is 12.8 Å². The predicted molar refractivity (Wildman–Crippen MR) is 97.6 cm³/mol. The molecule has 1 saturated carbocycles. The van der Waals surface area contributed by atoms with E-state index in [9.17, 15) is 8.78 Å². The Labute approximate surface area is 153 Å². The summed E-state index contributed by atoms with van der Waals surface area (Å²) in [7, 11) is 1.42. The molecule has 0 amide bonds. The summed E-state index contributed by atoms with van der Waals surface area (Å²) in [5.74, 6) is -0.273. The molecule has 1 aliphatic carbocycles. The topological polar surface area (TPSA) is 100 Å². The van der Waals surface area contributed by atoms with E-state index in [1.807, 2.05) is 0 Å². The van der Waals surface area contributed by atoms with Crippen molar-refractivity contribution in [1.29, 1.82) is 5.41 Å². The molecule has 0 radical (unpaired) electrons. The van der Waals surface area contributed by atoms with Gasteiger partial charge in [0.25, 0.3) is 0 Å². The van der Waals surface area contributed by atoms with Gasteiger partial charge in [-0.05, 0) is 36.1 Å². The van der Waals surface area contributed by atoms with Crippen molar-refractivity contribution in [2.24, 2.45) is 10.9 Å². The number of halogens is 2. The minimum Gasteiger partial charge on any atom is -0.494 e. The monoisotopic (exact) mass is 369 g/mol. The lowest BCUT2D eigenvalue weighted by Crippen LogP contribution is -2.17. The number of amidine groups is 1. The Balaban J connectivity index is 1.72. The second kappa shape index (κ2) is 6.46. The highest BCUT2D eigenvalue weighted by Gasteiger charge is 2.41. The van der Waals surface area contributed by atoms with Crippen LogP contribution in [-0.4, -0.2) is 22.9 Å². The van der Waals surface area contributed by atoms with Crippen LogP contribution in [0.1, 0.15) is 17.9 Å². The van der Waals surface area contributed by atoms with E-state index in [0.717, 1.165) is 12.0 Å². The van der Waals surface area contributed by atoms with E-state index in [0.29, 0.717) is 10.9 Å². The van der Waals surface area contributed by atoms with Gasteiger partial charge in [-0.3, -0.25) is 5.41 Å². The molecule has 4 rings (SSSR count). The smallest absolute Gasteiger partial charge is 0.199 e. The molecule has 1 fully saturated rings. The number of methoxy groups -OCH3 is 1. The molecule has 1 heterocycles. The lowest BCUT2D eigenvalue weighted by atomic mass is 10.1. The molecule has 0 spiro atoms. The summed E-state index contributed by atoms with van der Waals surface area (Å²) in [5.41, 5.74) is 7.40. The van der Waals surface area contributed by atoms with Gasteiger partial charge in [-0.2, -0.15) is 0 Å². The molecular weight excluding hydrogens is 352 g/mol. The number of aromatic nitrogens is 2. The van der Waals surface area contributed by atoms with Gasteiger partial charge in [-0.1, -0.05) is 12.1 Å². The normalized spacial score (nSPS) is 19.3. The number of nitrogens with two attached hydrogens (primary N) is 1. The summed E-state index contributed by atoms with van der Waals surface area (Å²) in [5, 5.41) is 8.70. The molecule has 0 saturated heterocycles. The minimum absolute atomic E-state index is 0.0799. The van der Waals surface area contributed by atoms with Gasteiger partial charge in [0.1, 0.15) is 34.2 Å². The number of ether oxygens (including phenoxy) is 1. The van der Waals surface area contributed by atoms with Gasteiger partial charge in [0.05, 0.1) is 7.11 Å². The predicted octanol–water partition coefficient (Wildman–Crippen LogP) is 3.11. The summed E-state index contributed by atoms with van der Waals surface area (Å²) >= 11 is 0. The van der Waals surface area contributed by atoms with Gasteiger partial charge in [-0.25, -0.2) is 18.8 Å². The quantitative estimate of drug-likeness (QED) is 0.488. The van der Waals surface area contributed by atoms with Crippen molar-refractivity contribution >= 4 is 22.7 Å². The molecule has 138 valence electrons. The van der Waals surface area contributed by atoms with Gasteiger partial charge < -0.3 is 15.5 Å². The molecule has 1 aromatic heterocycles. The van der Waals surface area contributed by atoms with E-state index >= 15 is 0 Å². The van der Waals surface area contributed by atoms with Crippen molar-refractivity contribution in [2.45, 2.75) is 12.3 Å². The number of nitrogens with one attached hydrogen (secondary N) is 2. The van der Waals surface area contributed by atoms with Crippen molar-refractivity contribution < 1.29 is 13.5 Å². The van der Waals surface area contributed by atoms with Crippen LogP contribution >= 0.6 is 0 Å². The Morgan fingerprint density at radius 1 is 1.26 bits per heavy atom. The first kappa shape index (κ1) is 17.1. The number of benzene rings is 2. The van der Waals surface area contributed by atoms with Crippen LogP contribution in [-0.2, 0) is 0 Å². The van der Waals surface area contributed by atoms with Gasteiger partial charge in [0.2, 0.25) is 0 Å². The third-order valence-electron chi connectivity index (χ3n) is 4.67. The average Bonchev–Trinajstić information content (AvgIpc) is 3.43. The number of hydrogen-bond donors (Lipinski definition) is 3. The van der Waals surface area contributed by atoms with Crippen LogP contribution in [0.2, 0.25) is 0 Å². The number of hydrogen-bond acceptors (Lipinski definition) is 4. The van der Waals surface area contributed by atoms with Crippen LogP contribution in [0.5, 0.6) is 5.75 Å². The second-order valence-corrected chi connectivity index (χ2v) is 6.47. The zero-order chi connectivity index (χ0) is 19.1. The number of anilines is 1. The number of fused-ring (bicyclic) bond motifs is 1. The van der Waals surface area contributed by atoms with E-state index in [1.165, 1.54) is 31.4 Å². The van der Waals surface area contributed by atoms with Gasteiger partial charge in [-0.15, -0.1) is 0 Å². The first-order valence-corrected chi connectivity index (χ1v) is 8.38. The Morgan fingerprint density at radius 2 is 2.00 bits per heavy atom. The van der Waals surface area contributed by atoms with E-state index in [4.69, 9.17) is 15.9 Å². The van der Waals surface area contributed by atoms with Crippen LogP contribution in [0.4, 0.5) is 14.7 Å². The van der Waals surface area contributed by atoms with Crippen molar-refractivity contribution in [1.82, 2.24) is 9.97 Å². The molecule has 1 aliphatic rings. The van der Waals surface area contributed by atoms with E-state index in [1.54, 1.807) is 12.1 Å². The van der Waals surface area contributed by atoms with Crippen LogP contribution in [0.25, 0.3) is 10.9 Å². The Kier molecular flexibility index (Phi) is 4.10. The number of nitrogen functional groups attached to an aromatic ring is 1. The number of rotatable bonds is 3. The van der Waals surface area contributed by atoms with Crippen LogP contribution in [0.3, 0.4) is 0 Å². The lowest BCUT2D eigenvalue weighted by Gasteiger charge is -2.07. The Hall–Kier alpha value is -3.29. The first-order valence-electron chi connectivity index (χ1n) is 8.38. The van der Waals surface area contributed by atoms with Crippen molar-refractivity contribution in [3.63, 3.8) is 0 Å². The maximum Gasteiger partial charge on any atom is 0.199 e. The SMILES string of the molecule is COc1cc(F)cc2/c(=N/C(=N)C3CC3c3ccc(F)cc3)[nH]c(N)nc12. The zero-order valence-corrected chi connectivity index (χ0v) is 14.5. The number of H-pyrrole nitrogens is 1. The summed E-state index contributed by atoms with van der Waals surface area (Å²) in [6.07, 6.45) is 0.754. The summed E-state index contributed by atoms with van der Waals surface area (Å²) in [4.78, 5) is 11.3. The van der Waals surface area contributed by atoms with Crippen molar-refractivity contribution in [3.05, 3.63) is 59.1 Å². The maximum atomic E-state index is 13.9. The minimum atomic E-state index is -0.502. The highest BCUT2D eigenvalue weighted by atomic mass is 19.1. The summed E-state index contributed by atoms with van der Waals surface area (Å²) in [6, 6.07) is 8.75. The molecular formula is C19H17F2N5O. The zero-order valence-electron chi connectivity index (χ0n) is 14.5. The Bertz CT molecular complexity index is 1110. The van der Waals surface area contributed by atoms with Gasteiger partial charge >= 0.3 is 0 Å². The van der Waals surface area contributed by atoms with Gasteiger partial charge in [0.15, 0.2) is 5.95 Å². The second-order valence-electron chi connectivity index (χ2n) is 6.47. The fraction of sp³-hybridized carbons (Fsp3) is 0.211. The Morgan fingerprint density at radius 3 is 2.70 bits per heavy atom. The highest BCUT2D eigenvalue weighted by molar-refractivity contribution is 5.89. The van der Waals surface area contributed by atoms with E-state index < -0.39 is 5.82 Å². The third kappa shape index (κ3) is 3.25. The van der Waals surface area contributed by atoms with Gasteiger partial charge in [0, 0.05) is 17.4 Å². The molecule has 2 unspecified atom stereocenters. The molecule has 0 aliphatic heterocycles. The molecule has 27 heavy (non-hydrogen) atoms. The average molecular weight is 369 g/mol. The maximum absolute atomic E-state index is 13.9. The van der Waals surface area contributed by atoms with Crippen LogP contribution < -0.4 is 16.0 Å². The largest absolute Gasteiger partial charge is 0.494 e. The lowest BCUT2D eigenvalue weighted by molar-refractivity contribution is 0.415. The first-order chi connectivity index (χ1) is 13.0. The van der Waals surface area contributed by atoms with E-state index in [2.05, 4.69) is 15.0 Å². The third-order valence-corrected chi connectivity index (χ3v) is 4.67. The molecule has 2 atom stereocenters. The van der Waals surface area contributed by atoms with E-state index in [-0.39, 0.29) is 40.7 Å². The molecule has 4 N–H and O–H groups in total. The summed E-state index contributed by atoms with van der Waals surface area (Å²) in [6.45, 7) is 0. The number of aromatic amines is 1. The molecule has 6 nitrogen and oxygen atoms in total. The number of nitrogens with zero attached hydrogens (tertiary/aromatic N) is 2. The molecule has 8 heteroatoms. The van der Waals surface area contributed by atoms with Crippen LogP contribution in [0, 0.1) is 23.0 Å². The highest BCUT2D eigenvalue weighted by Crippen LogP contribution is 2.48.